The van der Waals surface area contributed by atoms with Crippen molar-refractivity contribution in [2.24, 2.45) is 11.1 Å². The first-order valence-electron chi connectivity index (χ1n) is 8.05. The van der Waals surface area contributed by atoms with E-state index in [9.17, 15) is 24.5 Å². The number of carbonyl (C=O) groups excluding carboxylic acids is 3. The number of hydrogen-bond acceptors (Lipinski definition) is 7. The number of halogens is 1. The van der Waals surface area contributed by atoms with Gasteiger partial charge in [0.15, 0.2) is 0 Å². The Morgan fingerprint density at radius 1 is 1.11 bits per heavy atom. The van der Waals surface area contributed by atoms with Gasteiger partial charge >= 0.3 is 0 Å². The van der Waals surface area contributed by atoms with Gasteiger partial charge in [-0.05, 0) is 30.3 Å². The van der Waals surface area contributed by atoms with Gasteiger partial charge in [0.1, 0.15) is 17.3 Å². The molecule has 1 saturated heterocycles. The van der Waals surface area contributed by atoms with Crippen molar-refractivity contribution in [3.8, 4) is 0 Å². The number of benzene rings is 2. The first kappa shape index (κ1) is 17.8. The van der Waals surface area contributed by atoms with Crippen molar-refractivity contribution in [3.05, 3.63) is 69.2 Å². The molecular formula is C18H10ClN3O6. The lowest BCUT2D eigenvalue weighted by Crippen LogP contribution is -2.34. The van der Waals surface area contributed by atoms with E-state index in [-0.39, 0.29) is 17.0 Å². The van der Waals surface area contributed by atoms with Crippen LogP contribution in [0.4, 0.5) is 11.4 Å². The maximum atomic E-state index is 12.9. The van der Waals surface area contributed by atoms with E-state index < -0.39 is 40.2 Å². The number of hydrogen-bond donors (Lipinski definition) is 0. The molecule has 0 aliphatic carbocycles. The Kier molecular flexibility index (Phi) is 4.16. The summed E-state index contributed by atoms with van der Waals surface area (Å²) in [6, 6.07) is 11.3. The minimum Gasteiger partial charge on any atom is -0.381 e. The van der Waals surface area contributed by atoms with Crippen LogP contribution in [-0.4, -0.2) is 34.3 Å². The smallest absolute Gasteiger partial charge is 0.293 e. The summed E-state index contributed by atoms with van der Waals surface area (Å²) in [5.74, 6) is -3.47. The Morgan fingerprint density at radius 2 is 1.79 bits per heavy atom. The topological polar surface area (TPSA) is 119 Å². The monoisotopic (exact) mass is 399 g/mol. The number of carbonyl (C=O) groups is 3. The number of Topliss-reactive ketones (excluding diaryl/α,β-unsaturated/α-hetero) is 1. The van der Waals surface area contributed by atoms with Crippen LogP contribution < -0.4 is 4.90 Å². The van der Waals surface area contributed by atoms with E-state index in [1.54, 1.807) is 0 Å². The number of nitrogens with zero attached hydrogens (tertiary/aromatic N) is 3. The Hall–Kier alpha value is -3.59. The molecule has 9 nitrogen and oxygen atoms in total. The second-order valence-electron chi connectivity index (χ2n) is 6.07. The van der Waals surface area contributed by atoms with Crippen molar-refractivity contribution in [1.82, 2.24) is 0 Å². The summed E-state index contributed by atoms with van der Waals surface area (Å²) in [5, 5.41) is 15.3. The predicted octanol–water partition coefficient (Wildman–Crippen LogP) is 2.38. The van der Waals surface area contributed by atoms with E-state index in [0.29, 0.717) is 9.92 Å². The molecule has 2 aliphatic heterocycles. The summed E-state index contributed by atoms with van der Waals surface area (Å²) in [6.07, 6.45) is -1.33. The largest absolute Gasteiger partial charge is 0.381 e. The van der Waals surface area contributed by atoms with E-state index in [4.69, 9.17) is 16.4 Å². The molecule has 0 saturated carbocycles. The van der Waals surface area contributed by atoms with Gasteiger partial charge in [0, 0.05) is 16.7 Å². The van der Waals surface area contributed by atoms with Crippen LogP contribution in [0.15, 0.2) is 53.7 Å². The molecule has 0 aromatic heterocycles. The molecule has 2 aromatic rings. The molecule has 0 unspecified atom stereocenters. The lowest BCUT2D eigenvalue weighted by Gasteiger charge is -2.15. The van der Waals surface area contributed by atoms with Crippen molar-refractivity contribution in [2.75, 3.05) is 4.90 Å². The van der Waals surface area contributed by atoms with E-state index in [1.807, 2.05) is 0 Å². The van der Waals surface area contributed by atoms with Crippen LogP contribution in [-0.2, 0) is 14.4 Å². The summed E-state index contributed by atoms with van der Waals surface area (Å²) in [7, 11) is 0. The number of nitro groups is 1. The van der Waals surface area contributed by atoms with E-state index in [1.165, 1.54) is 48.5 Å². The average molecular weight is 400 g/mol. The highest BCUT2D eigenvalue weighted by molar-refractivity contribution is 6.52. The minimum atomic E-state index is -1.33. The normalized spacial score (nSPS) is 20.6. The number of anilines is 1. The van der Waals surface area contributed by atoms with Crippen molar-refractivity contribution in [2.45, 2.75) is 6.10 Å². The molecule has 2 aliphatic rings. The zero-order chi connectivity index (χ0) is 20.0. The maximum absolute atomic E-state index is 12.9. The molecule has 0 bridgehead atoms. The molecular weight excluding hydrogens is 390 g/mol. The van der Waals surface area contributed by atoms with Crippen molar-refractivity contribution >= 4 is 46.3 Å². The van der Waals surface area contributed by atoms with Gasteiger partial charge < -0.3 is 4.84 Å². The Bertz CT molecular complexity index is 1070. The fraction of sp³-hybridized carbons (Fsp3) is 0.111. The summed E-state index contributed by atoms with van der Waals surface area (Å²) in [6.45, 7) is 0. The molecule has 4 rings (SSSR count). The van der Waals surface area contributed by atoms with Crippen LogP contribution in [0.2, 0.25) is 5.02 Å². The molecule has 2 aromatic carbocycles. The average Bonchev–Trinajstić information content (AvgIpc) is 3.22. The number of rotatable bonds is 4. The van der Waals surface area contributed by atoms with Crippen molar-refractivity contribution < 1.29 is 24.1 Å². The fourth-order valence-corrected chi connectivity index (χ4v) is 3.29. The van der Waals surface area contributed by atoms with Gasteiger partial charge in [-0.15, -0.1) is 0 Å². The quantitative estimate of drug-likeness (QED) is 0.337. The van der Waals surface area contributed by atoms with Gasteiger partial charge in [-0.2, -0.15) is 0 Å². The Morgan fingerprint density at radius 3 is 2.46 bits per heavy atom. The molecule has 28 heavy (non-hydrogen) atoms. The number of oxime groups is 1. The van der Waals surface area contributed by atoms with Gasteiger partial charge in [-0.25, -0.2) is 4.90 Å². The minimum absolute atomic E-state index is 0.182. The Balaban J connectivity index is 1.70. The molecule has 2 heterocycles. The SMILES string of the molecule is O=C(C1=NO[C@H]2C(=O)N(c3ccccc3[N+](=O)[O-])C(=O)[C@@H]12)c1ccc(Cl)cc1. The van der Waals surface area contributed by atoms with Crippen LogP contribution in [0.25, 0.3) is 0 Å². The lowest BCUT2D eigenvalue weighted by atomic mass is 9.93. The summed E-state index contributed by atoms with van der Waals surface area (Å²) < 4.78 is 0. The molecule has 0 spiro atoms. The highest BCUT2D eigenvalue weighted by Gasteiger charge is 2.58. The standard InChI is InChI=1S/C18H10ClN3O6/c19-10-7-5-9(6-8-10)15(23)14-13-16(28-20-14)18(25)21(17(13)24)11-3-1-2-4-12(11)22(26)27/h1-8,13,16H/t13-,16+/m0/s1. The first-order chi connectivity index (χ1) is 13.4. The number of imide groups is 1. The van der Waals surface area contributed by atoms with Gasteiger partial charge in [0.2, 0.25) is 17.8 Å². The molecule has 10 heteroatoms. The highest BCUT2D eigenvalue weighted by Crippen LogP contribution is 2.37. The molecule has 140 valence electrons. The van der Waals surface area contributed by atoms with Crippen LogP contribution >= 0.6 is 11.6 Å². The third-order valence-electron chi connectivity index (χ3n) is 4.47. The number of amides is 2. The summed E-state index contributed by atoms with van der Waals surface area (Å²) in [4.78, 5) is 54.6. The van der Waals surface area contributed by atoms with Gasteiger partial charge in [0.05, 0.1) is 4.92 Å². The summed E-state index contributed by atoms with van der Waals surface area (Å²) in [5.41, 5.74) is -0.603. The van der Waals surface area contributed by atoms with E-state index in [2.05, 4.69) is 5.16 Å². The number of nitro benzene ring substituents is 1. The lowest BCUT2D eigenvalue weighted by molar-refractivity contribution is -0.384. The molecule has 2 atom stereocenters. The zero-order valence-corrected chi connectivity index (χ0v) is 14.7. The number of fused-ring (bicyclic) bond motifs is 1. The van der Waals surface area contributed by atoms with Gasteiger partial charge in [-0.1, -0.05) is 28.9 Å². The van der Waals surface area contributed by atoms with Crippen molar-refractivity contribution in [1.29, 1.82) is 0 Å². The molecule has 0 N–H and O–H groups in total. The number of para-hydroxylation sites is 2. The molecule has 2 amide bonds. The third-order valence-corrected chi connectivity index (χ3v) is 4.72. The molecule has 1 fully saturated rings. The third kappa shape index (κ3) is 2.64. The van der Waals surface area contributed by atoms with Crippen LogP contribution in [0, 0.1) is 16.0 Å². The van der Waals surface area contributed by atoms with E-state index in [0.717, 1.165) is 0 Å². The Labute approximate surface area is 162 Å². The fourth-order valence-electron chi connectivity index (χ4n) is 3.16. The van der Waals surface area contributed by atoms with Crippen LogP contribution in [0.3, 0.4) is 0 Å². The summed E-state index contributed by atoms with van der Waals surface area (Å²) >= 11 is 5.81. The second kappa shape index (κ2) is 6.54. The predicted molar refractivity (Wildman–Crippen MR) is 97.2 cm³/mol. The second-order valence-corrected chi connectivity index (χ2v) is 6.51. The van der Waals surface area contributed by atoms with Crippen LogP contribution in [0.5, 0.6) is 0 Å². The van der Waals surface area contributed by atoms with Crippen molar-refractivity contribution in [3.63, 3.8) is 0 Å². The van der Waals surface area contributed by atoms with Crippen LogP contribution in [0.1, 0.15) is 10.4 Å². The van der Waals surface area contributed by atoms with Gasteiger partial charge in [-0.3, -0.25) is 24.5 Å². The number of ketones is 1. The first-order valence-corrected chi connectivity index (χ1v) is 8.43. The highest BCUT2D eigenvalue weighted by atomic mass is 35.5. The maximum Gasteiger partial charge on any atom is 0.293 e. The van der Waals surface area contributed by atoms with Gasteiger partial charge in [0.25, 0.3) is 11.6 Å². The molecule has 0 radical (unpaired) electrons. The zero-order valence-electron chi connectivity index (χ0n) is 13.9. The van der Waals surface area contributed by atoms with E-state index >= 15 is 0 Å².